The lowest BCUT2D eigenvalue weighted by molar-refractivity contribution is 0.317. The van der Waals surface area contributed by atoms with Crippen molar-refractivity contribution in [2.45, 2.75) is 20.3 Å². The van der Waals surface area contributed by atoms with Crippen molar-refractivity contribution in [2.75, 3.05) is 36.4 Å². The summed E-state index contributed by atoms with van der Waals surface area (Å²) in [5.41, 5.74) is 3.37. The van der Waals surface area contributed by atoms with Gasteiger partial charge in [0.2, 0.25) is 5.96 Å². The van der Waals surface area contributed by atoms with Gasteiger partial charge in [-0.1, -0.05) is 43.3 Å². The molecule has 7 nitrogen and oxygen atoms in total. The predicted molar refractivity (Wildman–Crippen MR) is 151 cm³/mol. The topological polar surface area (TPSA) is 69.0 Å². The van der Waals surface area contributed by atoms with Gasteiger partial charge in [0, 0.05) is 67.0 Å². The van der Waals surface area contributed by atoms with Crippen LogP contribution in [0.25, 0.3) is 6.08 Å². The van der Waals surface area contributed by atoms with Gasteiger partial charge in [-0.2, -0.15) is 4.99 Å². The number of piperazine rings is 1. The van der Waals surface area contributed by atoms with Crippen LogP contribution in [-0.4, -0.2) is 52.7 Å². The Bertz CT molecular complexity index is 1270. The Morgan fingerprint density at radius 2 is 1.69 bits per heavy atom. The molecule has 1 unspecified atom stereocenters. The number of hydrogen-bond acceptors (Lipinski definition) is 8. The highest BCUT2D eigenvalue weighted by Crippen LogP contribution is 2.23. The van der Waals surface area contributed by atoms with Crippen molar-refractivity contribution in [1.29, 1.82) is 0 Å². The molecule has 0 bridgehead atoms. The van der Waals surface area contributed by atoms with Crippen LogP contribution in [0.15, 0.2) is 89.0 Å². The van der Waals surface area contributed by atoms with Crippen molar-refractivity contribution < 1.29 is 0 Å². The van der Waals surface area contributed by atoms with E-state index in [1.165, 1.54) is 5.69 Å². The van der Waals surface area contributed by atoms with Crippen molar-refractivity contribution >= 4 is 39.9 Å². The molecule has 0 aliphatic carbocycles. The summed E-state index contributed by atoms with van der Waals surface area (Å²) in [7, 11) is 0. The minimum atomic E-state index is 0.253. The van der Waals surface area contributed by atoms with Crippen LogP contribution >= 0.6 is 11.3 Å². The molecule has 1 aromatic carbocycles. The number of guanidine groups is 1. The van der Waals surface area contributed by atoms with E-state index in [0.717, 1.165) is 59.7 Å². The molecule has 0 saturated carbocycles. The Kier molecular flexibility index (Phi) is 7.52. The monoisotopic (exact) mass is 497 g/mol. The molecular formula is C28H31N7S. The first-order valence-corrected chi connectivity index (χ1v) is 13.2. The molecule has 184 valence electrons. The third-order valence-corrected chi connectivity index (χ3v) is 7.16. The Morgan fingerprint density at radius 1 is 0.944 bits per heavy atom. The van der Waals surface area contributed by atoms with Gasteiger partial charge in [-0.15, -0.1) is 11.3 Å². The smallest absolute Gasteiger partial charge is 0.231 e. The third-order valence-electron chi connectivity index (χ3n) is 6.33. The van der Waals surface area contributed by atoms with E-state index in [9.17, 15) is 0 Å². The number of hydrogen-bond donors (Lipinski definition) is 1. The molecule has 0 radical (unpaired) electrons. The molecule has 36 heavy (non-hydrogen) atoms. The van der Waals surface area contributed by atoms with Gasteiger partial charge in [0.25, 0.3) is 0 Å². The summed E-state index contributed by atoms with van der Waals surface area (Å²) in [4.78, 5) is 24.5. The Hall–Kier alpha value is -3.78. The highest BCUT2D eigenvalue weighted by atomic mass is 32.1. The maximum Gasteiger partial charge on any atom is 0.231 e. The molecule has 2 aliphatic heterocycles. The molecule has 1 fully saturated rings. The average molecular weight is 498 g/mol. The van der Waals surface area contributed by atoms with E-state index in [1.807, 2.05) is 36.8 Å². The molecule has 1 atom stereocenters. The van der Waals surface area contributed by atoms with Crippen molar-refractivity contribution in [2.24, 2.45) is 15.9 Å². The molecule has 2 aromatic heterocycles. The third kappa shape index (κ3) is 6.07. The fourth-order valence-corrected chi connectivity index (χ4v) is 4.93. The molecule has 0 amide bonds. The number of rotatable bonds is 5. The van der Waals surface area contributed by atoms with Crippen molar-refractivity contribution in [3.63, 3.8) is 0 Å². The summed E-state index contributed by atoms with van der Waals surface area (Å²) in [5.74, 6) is 1.80. The lowest BCUT2D eigenvalue weighted by Crippen LogP contribution is -2.46. The minimum absolute atomic E-state index is 0.253. The SMILES string of the molecule is Cc1cnc(NC2=N/C(N3CCN(c4ccncc4)CC3)=C/CC(C)C(/C=C/c3ccccc3)=N\2)s1. The predicted octanol–water partition coefficient (Wildman–Crippen LogP) is 5.47. The summed E-state index contributed by atoms with van der Waals surface area (Å²) < 4.78 is 0. The Labute approximate surface area is 216 Å². The van der Waals surface area contributed by atoms with Crippen LogP contribution < -0.4 is 10.2 Å². The van der Waals surface area contributed by atoms with E-state index in [-0.39, 0.29) is 5.92 Å². The molecule has 8 heteroatoms. The van der Waals surface area contributed by atoms with E-state index in [0.29, 0.717) is 5.96 Å². The van der Waals surface area contributed by atoms with E-state index in [1.54, 1.807) is 11.3 Å². The number of benzene rings is 1. The van der Waals surface area contributed by atoms with Gasteiger partial charge >= 0.3 is 0 Å². The van der Waals surface area contributed by atoms with Gasteiger partial charge < -0.3 is 9.80 Å². The number of aliphatic imine (C=N–C) groups is 2. The lowest BCUT2D eigenvalue weighted by Gasteiger charge is -2.37. The molecule has 2 aliphatic rings. The first-order chi connectivity index (χ1) is 17.6. The summed E-state index contributed by atoms with van der Waals surface area (Å²) in [5, 5.41) is 4.18. The summed E-state index contributed by atoms with van der Waals surface area (Å²) >= 11 is 1.61. The van der Waals surface area contributed by atoms with Crippen LogP contribution in [-0.2, 0) is 0 Å². The fraction of sp³-hybridized carbons (Fsp3) is 0.286. The van der Waals surface area contributed by atoms with Crippen LogP contribution in [0, 0.1) is 12.8 Å². The van der Waals surface area contributed by atoms with Crippen LogP contribution in [0.1, 0.15) is 23.8 Å². The second-order valence-corrected chi connectivity index (χ2v) is 10.2. The average Bonchev–Trinajstić information content (AvgIpc) is 3.33. The number of pyridine rings is 1. The number of allylic oxidation sites excluding steroid dienone is 2. The van der Waals surface area contributed by atoms with Gasteiger partial charge in [-0.3, -0.25) is 10.3 Å². The number of thiazole rings is 1. The van der Waals surface area contributed by atoms with Gasteiger partial charge in [0.1, 0.15) is 5.82 Å². The second-order valence-electron chi connectivity index (χ2n) is 9.00. The van der Waals surface area contributed by atoms with Crippen molar-refractivity contribution in [3.05, 3.63) is 89.5 Å². The maximum atomic E-state index is 5.01. The number of anilines is 2. The molecule has 3 aromatic rings. The number of aromatic nitrogens is 2. The van der Waals surface area contributed by atoms with Gasteiger partial charge in [-0.25, -0.2) is 9.98 Å². The zero-order valence-corrected chi connectivity index (χ0v) is 21.5. The van der Waals surface area contributed by atoms with E-state index < -0.39 is 0 Å². The van der Waals surface area contributed by atoms with E-state index >= 15 is 0 Å². The van der Waals surface area contributed by atoms with Gasteiger partial charge in [0.15, 0.2) is 5.13 Å². The molecular weight excluding hydrogens is 466 g/mol. The zero-order chi connectivity index (χ0) is 24.7. The molecule has 4 heterocycles. The number of nitrogens with one attached hydrogen (secondary N) is 1. The summed E-state index contributed by atoms with van der Waals surface area (Å²) in [6.07, 6.45) is 12.9. The summed E-state index contributed by atoms with van der Waals surface area (Å²) in [6, 6.07) is 14.5. The zero-order valence-electron chi connectivity index (χ0n) is 20.7. The number of nitrogens with zero attached hydrogens (tertiary/aromatic N) is 6. The van der Waals surface area contributed by atoms with E-state index in [4.69, 9.17) is 9.98 Å². The number of aryl methyl sites for hydroxylation is 1. The largest absolute Gasteiger partial charge is 0.368 e. The van der Waals surface area contributed by atoms with Gasteiger partial charge in [-0.05, 0) is 43.2 Å². The Balaban J connectivity index is 1.39. The van der Waals surface area contributed by atoms with Crippen LogP contribution in [0.2, 0.25) is 0 Å². The normalized spacial score (nSPS) is 23.2. The quantitative estimate of drug-likeness (QED) is 0.506. The van der Waals surface area contributed by atoms with Crippen LogP contribution in [0.5, 0.6) is 0 Å². The summed E-state index contributed by atoms with van der Waals surface area (Å²) in [6.45, 7) is 7.96. The highest BCUT2D eigenvalue weighted by Gasteiger charge is 2.21. The fourth-order valence-electron chi connectivity index (χ4n) is 4.27. The van der Waals surface area contributed by atoms with Crippen molar-refractivity contribution in [1.82, 2.24) is 14.9 Å². The molecule has 5 rings (SSSR count). The molecule has 1 saturated heterocycles. The first kappa shape index (κ1) is 23.9. The second kappa shape index (κ2) is 11.3. The Morgan fingerprint density at radius 3 is 2.42 bits per heavy atom. The highest BCUT2D eigenvalue weighted by molar-refractivity contribution is 7.15. The minimum Gasteiger partial charge on any atom is -0.368 e. The van der Waals surface area contributed by atoms with Gasteiger partial charge in [0.05, 0.1) is 0 Å². The standard InChI is InChI=1S/C28H31N7S/c1-21-8-11-26(35-18-16-34(17-19-35)24-12-14-29-15-13-24)32-27(33-28-30-20-22(2)36-28)31-25(21)10-9-23-6-4-3-5-7-23/h3-7,9-15,20-21H,8,16-19H2,1-2H3,(H,30,32,33)/b10-9+,26-11-,31-25-. The molecule has 0 spiro atoms. The first-order valence-electron chi connectivity index (χ1n) is 12.3. The van der Waals surface area contributed by atoms with E-state index in [2.05, 4.69) is 81.4 Å². The maximum absolute atomic E-state index is 5.01. The van der Waals surface area contributed by atoms with Crippen molar-refractivity contribution in [3.8, 4) is 0 Å². The molecule has 1 N–H and O–H groups in total. The van der Waals surface area contributed by atoms with Crippen LogP contribution in [0.4, 0.5) is 10.8 Å². The lowest BCUT2D eigenvalue weighted by atomic mass is 9.99. The van der Waals surface area contributed by atoms with Crippen LogP contribution in [0.3, 0.4) is 0 Å².